The van der Waals surface area contributed by atoms with Gasteiger partial charge >= 0.3 is 11.9 Å². The Morgan fingerprint density at radius 3 is 2.55 bits per heavy atom. The summed E-state index contributed by atoms with van der Waals surface area (Å²) in [6, 6.07) is 14.9. The van der Waals surface area contributed by atoms with Crippen molar-refractivity contribution in [3.63, 3.8) is 0 Å². The van der Waals surface area contributed by atoms with E-state index in [1.807, 2.05) is 30.3 Å². The monoisotopic (exact) mass is 418 g/mol. The smallest absolute Gasteiger partial charge is 0.338 e. The highest BCUT2D eigenvalue weighted by Gasteiger charge is 2.34. The van der Waals surface area contributed by atoms with E-state index in [9.17, 15) is 9.59 Å². The van der Waals surface area contributed by atoms with Crippen LogP contribution in [-0.2, 0) is 20.7 Å². The first kappa shape index (κ1) is 19.8. The zero-order chi connectivity index (χ0) is 21.4. The Bertz CT molecular complexity index is 1110. The van der Waals surface area contributed by atoms with E-state index in [-0.39, 0.29) is 18.0 Å². The molecule has 0 amide bonds. The molecule has 0 saturated heterocycles. The quantitative estimate of drug-likeness (QED) is 0.614. The minimum atomic E-state index is -0.436. The Morgan fingerprint density at radius 2 is 1.84 bits per heavy atom. The van der Waals surface area contributed by atoms with Gasteiger partial charge in [-0.1, -0.05) is 36.8 Å². The highest BCUT2D eigenvalue weighted by molar-refractivity contribution is 5.90. The van der Waals surface area contributed by atoms with Gasteiger partial charge in [0.05, 0.1) is 25.3 Å². The number of aromatic amines is 1. The molecule has 1 fully saturated rings. The molecule has 1 saturated carbocycles. The van der Waals surface area contributed by atoms with Crippen LogP contribution >= 0.6 is 0 Å². The maximum atomic E-state index is 12.4. The molecular weight excluding hydrogens is 392 g/mol. The lowest BCUT2D eigenvalue weighted by Gasteiger charge is -2.30. The third kappa shape index (κ3) is 3.72. The Kier molecular flexibility index (Phi) is 5.24. The van der Waals surface area contributed by atoms with Crippen molar-refractivity contribution in [3.8, 4) is 0 Å². The molecule has 1 aromatic heterocycles. The number of H-pyrrole nitrogens is 1. The molecule has 1 aliphatic heterocycles. The van der Waals surface area contributed by atoms with Gasteiger partial charge in [-0.25, -0.2) is 4.79 Å². The van der Waals surface area contributed by atoms with Crippen LogP contribution in [0.1, 0.15) is 52.5 Å². The van der Waals surface area contributed by atoms with E-state index in [1.165, 1.54) is 13.5 Å². The van der Waals surface area contributed by atoms with E-state index in [0.717, 1.165) is 40.6 Å². The van der Waals surface area contributed by atoms with Crippen molar-refractivity contribution in [2.45, 2.75) is 37.8 Å². The van der Waals surface area contributed by atoms with Gasteiger partial charge in [-0.05, 0) is 48.1 Å². The van der Waals surface area contributed by atoms with Gasteiger partial charge in [0, 0.05) is 23.0 Å². The van der Waals surface area contributed by atoms with Crippen molar-refractivity contribution >= 4 is 22.8 Å². The number of nitrogens with one attached hydrogen (secondary N) is 2. The number of ether oxygens (including phenoxy) is 2. The molecule has 1 aliphatic carbocycles. The van der Waals surface area contributed by atoms with E-state index >= 15 is 0 Å². The van der Waals surface area contributed by atoms with Crippen LogP contribution in [0.2, 0.25) is 0 Å². The van der Waals surface area contributed by atoms with Gasteiger partial charge in [0.1, 0.15) is 6.04 Å². The van der Waals surface area contributed by atoms with Crippen molar-refractivity contribution < 1.29 is 19.1 Å². The number of carbonyl (C=O) groups is 2. The molecule has 0 unspecified atom stereocenters. The molecule has 2 N–H and O–H groups in total. The third-order valence-electron chi connectivity index (χ3n) is 6.55. The number of carbonyl (C=O) groups excluding carboxylic acids is 2. The molecule has 5 rings (SSSR count). The van der Waals surface area contributed by atoms with Crippen molar-refractivity contribution in [3.05, 3.63) is 70.9 Å². The summed E-state index contributed by atoms with van der Waals surface area (Å²) < 4.78 is 10.5. The first-order chi connectivity index (χ1) is 15.1. The molecule has 0 spiro atoms. The first-order valence-electron chi connectivity index (χ1n) is 10.8. The van der Waals surface area contributed by atoms with Gasteiger partial charge in [-0.15, -0.1) is 0 Å². The van der Waals surface area contributed by atoms with E-state index in [1.54, 1.807) is 12.1 Å². The van der Waals surface area contributed by atoms with E-state index < -0.39 is 6.04 Å². The molecule has 2 aromatic carbocycles. The topological polar surface area (TPSA) is 80.4 Å². The number of hydrogen-bond donors (Lipinski definition) is 2. The number of esters is 2. The second-order valence-corrected chi connectivity index (χ2v) is 8.46. The fourth-order valence-electron chi connectivity index (χ4n) is 4.54. The molecular formula is C25H26N2O4. The number of hydrogen-bond acceptors (Lipinski definition) is 5. The summed E-state index contributed by atoms with van der Waals surface area (Å²) >= 11 is 0. The van der Waals surface area contributed by atoms with Gasteiger partial charge < -0.3 is 14.5 Å². The Labute approximate surface area is 180 Å². The predicted octanol–water partition coefficient (Wildman–Crippen LogP) is 3.90. The summed E-state index contributed by atoms with van der Waals surface area (Å²) in [5.41, 5.74) is 4.72. The highest BCUT2D eigenvalue weighted by atomic mass is 16.5. The predicted molar refractivity (Wildman–Crippen MR) is 117 cm³/mol. The zero-order valence-corrected chi connectivity index (χ0v) is 17.5. The minimum Gasteiger partial charge on any atom is -0.468 e. The number of para-hydroxylation sites is 1. The van der Waals surface area contributed by atoms with Crippen LogP contribution in [0.5, 0.6) is 0 Å². The average molecular weight is 418 g/mol. The van der Waals surface area contributed by atoms with Crippen molar-refractivity contribution in [1.29, 1.82) is 0 Å². The summed E-state index contributed by atoms with van der Waals surface area (Å²) in [5.74, 6) is -0.0451. The van der Waals surface area contributed by atoms with Crippen molar-refractivity contribution in [1.82, 2.24) is 10.3 Å². The maximum absolute atomic E-state index is 12.4. The van der Waals surface area contributed by atoms with Crippen molar-refractivity contribution in [2.75, 3.05) is 13.7 Å². The summed E-state index contributed by atoms with van der Waals surface area (Å²) in [6.07, 6.45) is 4.09. The van der Waals surface area contributed by atoms with Gasteiger partial charge in [-0.3, -0.25) is 10.1 Å². The highest BCUT2D eigenvalue weighted by Crippen LogP contribution is 2.35. The fourth-order valence-corrected chi connectivity index (χ4v) is 4.54. The van der Waals surface area contributed by atoms with Crippen LogP contribution in [0, 0.1) is 5.92 Å². The molecule has 6 nitrogen and oxygen atoms in total. The van der Waals surface area contributed by atoms with Crippen LogP contribution in [-0.4, -0.2) is 36.7 Å². The second-order valence-electron chi connectivity index (χ2n) is 8.46. The molecule has 2 aliphatic rings. The normalized spacial score (nSPS) is 20.7. The van der Waals surface area contributed by atoms with Crippen LogP contribution in [0.15, 0.2) is 48.5 Å². The Hall–Kier alpha value is -3.12. The summed E-state index contributed by atoms with van der Waals surface area (Å²) in [7, 11) is 1.41. The molecule has 2 atom stereocenters. The fraction of sp³-hybridized carbons (Fsp3) is 0.360. The number of fused-ring (bicyclic) bond motifs is 3. The Balaban J connectivity index is 1.43. The molecule has 31 heavy (non-hydrogen) atoms. The minimum absolute atomic E-state index is 0.208. The van der Waals surface area contributed by atoms with E-state index in [4.69, 9.17) is 9.47 Å². The standard InChI is InChI=1S/C25H26N2O4/c1-30-25(29)21-13-19-18-7-2-3-8-20(18)26-23(19)22(27-21)16-9-11-17(12-10-16)24(28)31-14-15-5-4-6-15/h2-3,7-12,15,21-22,26-27H,4-6,13-14H2,1H3/t21-,22+/m1/s1. The van der Waals surface area contributed by atoms with Gasteiger partial charge in [0.25, 0.3) is 0 Å². The lowest BCUT2D eigenvalue weighted by Crippen LogP contribution is -2.45. The third-order valence-corrected chi connectivity index (χ3v) is 6.55. The van der Waals surface area contributed by atoms with E-state index in [2.05, 4.69) is 16.4 Å². The molecule has 3 aromatic rings. The summed E-state index contributed by atoms with van der Waals surface area (Å²) in [4.78, 5) is 28.2. The average Bonchev–Trinajstić information content (AvgIpc) is 3.15. The van der Waals surface area contributed by atoms with Gasteiger partial charge in [0.2, 0.25) is 0 Å². The van der Waals surface area contributed by atoms with Crippen LogP contribution in [0.3, 0.4) is 0 Å². The lowest BCUT2D eigenvalue weighted by atomic mass is 9.86. The summed E-state index contributed by atoms with van der Waals surface area (Å²) in [6.45, 7) is 0.504. The molecule has 0 radical (unpaired) electrons. The van der Waals surface area contributed by atoms with Crippen LogP contribution in [0.25, 0.3) is 10.9 Å². The molecule has 0 bridgehead atoms. The zero-order valence-electron chi connectivity index (χ0n) is 17.5. The number of rotatable bonds is 5. The number of benzene rings is 2. The first-order valence-corrected chi connectivity index (χ1v) is 10.8. The number of methoxy groups -OCH3 is 1. The SMILES string of the molecule is COC(=O)[C@H]1Cc2c([nH]c3ccccc23)[C@H](c2ccc(C(=O)OCC3CCC3)cc2)N1. The van der Waals surface area contributed by atoms with Gasteiger partial charge in [0.15, 0.2) is 0 Å². The Morgan fingerprint density at radius 1 is 1.06 bits per heavy atom. The molecule has 6 heteroatoms. The number of aromatic nitrogens is 1. The van der Waals surface area contributed by atoms with Crippen LogP contribution < -0.4 is 5.32 Å². The summed E-state index contributed by atoms with van der Waals surface area (Å²) in [5, 5.41) is 4.54. The molecule has 160 valence electrons. The van der Waals surface area contributed by atoms with Gasteiger partial charge in [-0.2, -0.15) is 0 Å². The largest absolute Gasteiger partial charge is 0.468 e. The maximum Gasteiger partial charge on any atom is 0.338 e. The molecule has 2 heterocycles. The van der Waals surface area contributed by atoms with E-state index in [0.29, 0.717) is 24.5 Å². The van der Waals surface area contributed by atoms with Crippen LogP contribution in [0.4, 0.5) is 0 Å². The second kappa shape index (κ2) is 8.19. The van der Waals surface area contributed by atoms with Crippen molar-refractivity contribution in [2.24, 2.45) is 5.92 Å². The lowest BCUT2D eigenvalue weighted by molar-refractivity contribution is -0.143.